The van der Waals surface area contributed by atoms with Crippen LogP contribution in [0.1, 0.15) is 30.6 Å². The highest BCUT2D eigenvalue weighted by Gasteiger charge is 2.19. The fraction of sp³-hybridized carbons (Fsp3) is 0.375. The van der Waals surface area contributed by atoms with Crippen LogP contribution in [0.5, 0.6) is 0 Å². The van der Waals surface area contributed by atoms with Crippen molar-refractivity contribution in [2.24, 2.45) is 5.92 Å². The Balaban J connectivity index is 2.21. The second kappa shape index (κ2) is 6.43. The molecule has 0 fully saturated rings. The predicted octanol–water partition coefficient (Wildman–Crippen LogP) is 2.51. The Morgan fingerprint density at radius 3 is 2.71 bits per heavy atom. The highest BCUT2D eigenvalue weighted by Crippen LogP contribution is 2.13. The molecule has 0 saturated carbocycles. The average Bonchev–Trinajstić information content (AvgIpc) is 2.86. The van der Waals surface area contributed by atoms with E-state index in [-0.39, 0.29) is 18.9 Å². The topological polar surface area (TPSA) is 62.0 Å². The number of hydrogen-bond acceptors (Lipinski definition) is 2. The second-order valence-electron chi connectivity index (χ2n) is 5.55. The first-order valence-electron chi connectivity index (χ1n) is 7.05. The van der Waals surface area contributed by atoms with E-state index >= 15 is 0 Å². The van der Waals surface area contributed by atoms with Gasteiger partial charge in [0, 0.05) is 31.0 Å². The first kappa shape index (κ1) is 15.1. The first-order chi connectivity index (χ1) is 9.97. The Hall–Kier alpha value is -2.30. The van der Waals surface area contributed by atoms with E-state index in [0.29, 0.717) is 18.0 Å². The molecule has 0 radical (unpaired) electrons. The van der Waals surface area contributed by atoms with Gasteiger partial charge in [-0.3, -0.25) is 9.59 Å². The van der Waals surface area contributed by atoms with Crippen molar-refractivity contribution < 1.29 is 14.7 Å². The third kappa shape index (κ3) is 3.84. The molecule has 5 nitrogen and oxygen atoms in total. The van der Waals surface area contributed by atoms with Crippen molar-refractivity contribution in [2.45, 2.75) is 20.3 Å². The molecule has 0 aromatic carbocycles. The molecule has 0 atom stereocenters. The molecule has 5 heteroatoms. The molecule has 0 aliphatic rings. The Morgan fingerprint density at radius 1 is 1.33 bits per heavy atom. The minimum absolute atomic E-state index is 0.0359. The lowest BCUT2D eigenvalue weighted by Gasteiger charge is -2.23. The largest absolute Gasteiger partial charge is 0.481 e. The number of carbonyl (C=O) groups excluding carboxylic acids is 1. The fourth-order valence-corrected chi connectivity index (χ4v) is 2.30. The van der Waals surface area contributed by atoms with Gasteiger partial charge < -0.3 is 14.4 Å². The molecule has 2 heterocycles. The van der Waals surface area contributed by atoms with Crippen LogP contribution in [-0.4, -0.2) is 39.4 Å². The van der Waals surface area contributed by atoms with Gasteiger partial charge in [0.25, 0.3) is 5.91 Å². The maximum absolute atomic E-state index is 12.6. The van der Waals surface area contributed by atoms with E-state index in [9.17, 15) is 9.59 Å². The standard InChI is InChI=1S/C16H20N2O3/c1-12(2)10-18(8-6-15(19)20)16(21)13-9-14-5-3-4-7-17(14)11-13/h3-5,7,9,11-12H,6,8,10H2,1-2H3,(H,19,20). The van der Waals surface area contributed by atoms with Crippen LogP contribution in [-0.2, 0) is 4.79 Å². The summed E-state index contributed by atoms with van der Waals surface area (Å²) < 4.78 is 1.89. The van der Waals surface area contributed by atoms with Gasteiger partial charge in [0.1, 0.15) is 0 Å². The number of aliphatic carboxylic acids is 1. The number of aromatic nitrogens is 1. The van der Waals surface area contributed by atoms with Gasteiger partial charge in [-0.15, -0.1) is 0 Å². The highest BCUT2D eigenvalue weighted by atomic mass is 16.4. The number of nitrogens with zero attached hydrogens (tertiary/aromatic N) is 2. The molecule has 1 N–H and O–H groups in total. The van der Waals surface area contributed by atoms with Crippen LogP contribution in [0.2, 0.25) is 0 Å². The third-order valence-corrected chi connectivity index (χ3v) is 3.22. The van der Waals surface area contributed by atoms with Gasteiger partial charge in [-0.2, -0.15) is 0 Å². The molecule has 2 rings (SSSR count). The van der Waals surface area contributed by atoms with E-state index in [1.807, 2.05) is 48.7 Å². The Morgan fingerprint density at radius 2 is 2.10 bits per heavy atom. The second-order valence-corrected chi connectivity index (χ2v) is 5.55. The Kier molecular flexibility index (Phi) is 4.62. The van der Waals surface area contributed by atoms with E-state index in [0.717, 1.165) is 5.52 Å². The van der Waals surface area contributed by atoms with Gasteiger partial charge in [0.15, 0.2) is 0 Å². The molecule has 0 aliphatic carbocycles. The van der Waals surface area contributed by atoms with Gasteiger partial charge in [-0.05, 0) is 24.1 Å². The minimum atomic E-state index is -0.890. The van der Waals surface area contributed by atoms with E-state index in [1.165, 1.54) is 0 Å². The van der Waals surface area contributed by atoms with Crippen LogP contribution in [0, 0.1) is 5.92 Å². The van der Waals surface area contributed by atoms with Gasteiger partial charge in [-0.1, -0.05) is 19.9 Å². The zero-order chi connectivity index (χ0) is 15.4. The summed E-state index contributed by atoms with van der Waals surface area (Å²) in [6.45, 7) is 4.81. The van der Waals surface area contributed by atoms with Crippen molar-refractivity contribution in [3.63, 3.8) is 0 Å². The summed E-state index contributed by atoms with van der Waals surface area (Å²) in [6, 6.07) is 7.58. The summed E-state index contributed by atoms with van der Waals surface area (Å²) in [6.07, 6.45) is 3.63. The van der Waals surface area contributed by atoms with Gasteiger partial charge in [0.2, 0.25) is 0 Å². The highest BCUT2D eigenvalue weighted by molar-refractivity contribution is 5.95. The number of fused-ring (bicyclic) bond motifs is 1. The molecule has 0 bridgehead atoms. The zero-order valence-electron chi connectivity index (χ0n) is 12.3. The maximum Gasteiger partial charge on any atom is 0.305 e. The number of carboxylic acids is 1. The van der Waals surface area contributed by atoms with Gasteiger partial charge in [0.05, 0.1) is 12.0 Å². The molecule has 2 aromatic heterocycles. The molecule has 0 spiro atoms. The number of pyridine rings is 1. The minimum Gasteiger partial charge on any atom is -0.481 e. The molecule has 0 saturated heterocycles. The molecular weight excluding hydrogens is 268 g/mol. The van der Waals surface area contributed by atoms with Crippen LogP contribution < -0.4 is 0 Å². The maximum atomic E-state index is 12.6. The van der Waals surface area contributed by atoms with Crippen LogP contribution in [0.25, 0.3) is 5.52 Å². The number of hydrogen-bond donors (Lipinski definition) is 1. The lowest BCUT2D eigenvalue weighted by Crippen LogP contribution is -2.35. The summed E-state index contributed by atoms with van der Waals surface area (Å²) >= 11 is 0. The molecule has 21 heavy (non-hydrogen) atoms. The van der Waals surface area contributed by atoms with Crippen molar-refractivity contribution in [3.05, 3.63) is 42.2 Å². The van der Waals surface area contributed by atoms with Gasteiger partial charge >= 0.3 is 5.97 Å². The van der Waals surface area contributed by atoms with Crippen LogP contribution >= 0.6 is 0 Å². The smallest absolute Gasteiger partial charge is 0.305 e. The number of carbonyl (C=O) groups is 2. The zero-order valence-corrected chi connectivity index (χ0v) is 12.3. The normalized spacial score (nSPS) is 11.0. The van der Waals surface area contributed by atoms with Crippen LogP contribution in [0.3, 0.4) is 0 Å². The van der Waals surface area contributed by atoms with Crippen molar-refractivity contribution in [1.82, 2.24) is 9.30 Å². The molecular formula is C16H20N2O3. The van der Waals surface area contributed by atoms with E-state index in [4.69, 9.17) is 5.11 Å². The number of carboxylic acid groups (broad SMARTS) is 1. The van der Waals surface area contributed by atoms with E-state index < -0.39 is 5.97 Å². The summed E-state index contributed by atoms with van der Waals surface area (Å²) in [4.78, 5) is 24.9. The monoisotopic (exact) mass is 288 g/mol. The summed E-state index contributed by atoms with van der Waals surface area (Å²) in [5.74, 6) is -0.716. The molecule has 2 aromatic rings. The first-order valence-corrected chi connectivity index (χ1v) is 7.05. The summed E-state index contributed by atoms with van der Waals surface area (Å²) in [7, 11) is 0. The Bertz CT molecular complexity index is 613. The quantitative estimate of drug-likeness (QED) is 0.888. The number of amides is 1. The van der Waals surface area contributed by atoms with Crippen molar-refractivity contribution in [2.75, 3.05) is 13.1 Å². The van der Waals surface area contributed by atoms with Crippen molar-refractivity contribution >= 4 is 17.4 Å². The molecule has 0 unspecified atom stereocenters. The van der Waals surface area contributed by atoms with Crippen molar-refractivity contribution in [1.29, 1.82) is 0 Å². The average molecular weight is 288 g/mol. The Labute approximate surface area is 123 Å². The summed E-state index contributed by atoms with van der Waals surface area (Å²) in [5.41, 5.74) is 1.54. The summed E-state index contributed by atoms with van der Waals surface area (Å²) in [5, 5.41) is 8.82. The van der Waals surface area contributed by atoms with Crippen molar-refractivity contribution in [3.8, 4) is 0 Å². The number of rotatable bonds is 6. The van der Waals surface area contributed by atoms with Crippen LogP contribution in [0.4, 0.5) is 0 Å². The lowest BCUT2D eigenvalue weighted by molar-refractivity contribution is -0.137. The predicted molar refractivity (Wildman–Crippen MR) is 80.4 cm³/mol. The fourth-order valence-electron chi connectivity index (χ4n) is 2.30. The lowest BCUT2D eigenvalue weighted by atomic mass is 10.1. The SMILES string of the molecule is CC(C)CN(CCC(=O)O)C(=O)c1cc2ccccn2c1. The molecule has 112 valence electrons. The van der Waals surface area contributed by atoms with Gasteiger partial charge in [-0.25, -0.2) is 0 Å². The van der Waals surface area contributed by atoms with E-state index in [1.54, 1.807) is 11.1 Å². The van der Waals surface area contributed by atoms with Crippen LogP contribution in [0.15, 0.2) is 36.7 Å². The molecule has 1 amide bonds. The van der Waals surface area contributed by atoms with E-state index in [2.05, 4.69) is 0 Å². The molecule has 0 aliphatic heterocycles. The third-order valence-electron chi connectivity index (χ3n) is 3.22.